The number of piperidine rings is 1. The van der Waals surface area contributed by atoms with Crippen molar-refractivity contribution in [2.75, 3.05) is 52.7 Å². The summed E-state index contributed by atoms with van der Waals surface area (Å²) in [5, 5.41) is 19.8. The molecule has 2 fully saturated rings. The molecule has 12 heteroatoms. The lowest BCUT2D eigenvalue weighted by Crippen LogP contribution is -2.40. The number of methoxy groups -OCH3 is 1. The molecule has 216 valence electrons. The van der Waals surface area contributed by atoms with Crippen molar-refractivity contribution in [3.8, 4) is 6.07 Å². The highest BCUT2D eigenvalue weighted by Gasteiger charge is 2.27. The minimum Gasteiger partial charge on any atom is -0.465 e. The Morgan fingerprint density at radius 3 is 2.27 bits per heavy atom. The first-order valence-electron chi connectivity index (χ1n) is 12.7. The Hall–Kier alpha value is -1.76. The number of carbonyl (C=O) groups excluding carboxylic acids is 2. The number of ether oxygens (including phenoxy) is 2. The summed E-state index contributed by atoms with van der Waals surface area (Å²) in [4.78, 5) is 35.6. The molecule has 0 radical (unpaired) electrons. The maximum atomic E-state index is 11.4. The van der Waals surface area contributed by atoms with Crippen molar-refractivity contribution in [2.45, 2.75) is 77.3 Å². The summed E-state index contributed by atoms with van der Waals surface area (Å²) >= 11 is 1.82. The molecular weight excluding hydrogens is 515 g/mol. The van der Waals surface area contributed by atoms with Crippen LogP contribution >= 0.6 is 21.0 Å². The van der Waals surface area contributed by atoms with Gasteiger partial charge in [0, 0.05) is 57.9 Å². The first kappa shape index (κ1) is 37.4. The monoisotopic (exact) mass is 564 g/mol. The van der Waals surface area contributed by atoms with Gasteiger partial charge < -0.3 is 29.7 Å². The van der Waals surface area contributed by atoms with E-state index in [-0.39, 0.29) is 18.1 Å². The van der Waals surface area contributed by atoms with Gasteiger partial charge in [0.1, 0.15) is 0 Å². The molecule has 2 aliphatic rings. The summed E-state index contributed by atoms with van der Waals surface area (Å²) in [6.07, 6.45) is 4.23. The van der Waals surface area contributed by atoms with Crippen LogP contribution in [0.2, 0.25) is 0 Å². The van der Waals surface area contributed by atoms with Crippen molar-refractivity contribution in [1.82, 2.24) is 15.1 Å². The molecule has 0 saturated carbocycles. The van der Waals surface area contributed by atoms with Gasteiger partial charge in [-0.15, -0.1) is 9.24 Å². The third kappa shape index (κ3) is 19.0. The first-order valence-corrected chi connectivity index (χ1v) is 14.6. The van der Waals surface area contributed by atoms with E-state index in [1.54, 1.807) is 18.9 Å². The van der Waals surface area contributed by atoms with Gasteiger partial charge in [-0.2, -0.15) is 17.0 Å². The average Bonchev–Trinajstić information content (AvgIpc) is 3.35. The van der Waals surface area contributed by atoms with Crippen molar-refractivity contribution in [2.24, 2.45) is 5.92 Å². The number of nitrogens with zero attached hydrogens (tertiary/aromatic N) is 3. The van der Waals surface area contributed by atoms with E-state index in [0.717, 1.165) is 32.4 Å². The van der Waals surface area contributed by atoms with Crippen LogP contribution < -0.4 is 5.32 Å². The van der Waals surface area contributed by atoms with E-state index >= 15 is 0 Å². The van der Waals surface area contributed by atoms with Crippen LogP contribution in [0.3, 0.4) is 0 Å². The quantitative estimate of drug-likeness (QED) is 0.457. The molecule has 3 amide bonds. The minimum absolute atomic E-state index is 0.0131. The zero-order chi connectivity index (χ0) is 29.0. The van der Waals surface area contributed by atoms with Gasteiger partial charge in [-0.25, -0.2) is 9.59 Å². The number of likely N-dealkylation sites (tertiary alicyclic amines) is 2. The van der Waals surface area contributed by atoms with Gasteiger partial charge in [0.05, 0.1) is 23.9 Å². The number of amides is 3. The Morgan fingerprint density at radius 2 is 1.84 bits per heavy atom. The number of carboxylic acid groups (broad SMARTS) is 1. The summed E-state index contributed by atoms with van der Waals surface area (Å²) in [5.41, 5.74) is 0. The van der Waals surface area contributed by atoms with Gasteiger partial charge in [-0.1, -0.05) is 13.8 Å². The molecule has 4 unspecified atom stereocenters. The number of hydrogen-bond donors (Lipinski definition) is 2. The minimum atomic E-state index is -0.809. The summed E-state index contributed by atoms with van der Waals surface area (Å²) in [7, 11) is 4.03. The molecule has 0 aliphatic carbocycles. The van der Waals surface area contributed by atoms with Crippen molar-refractivity contribution in [1.29, 1.82) is 5.26 Å². The summed E-state index contributed by atoms with van der Waals surface area (Å²) in [5.74, 6) is 0.281. The van der Waals surface area contributed by atoms with Gasteiger partial charge in [0.2, 0.25) is 5.91 Å². The van der Waals surface area contributed by atoms with Crippen LogP contribution in [-0.2, 0) is 14.3 Å². The lowest BCUT2D eigenvalue weighted by Gasteiger charge is -2.30. The number of thioether (sulfide) groups is 1. The second-order valence-electron chi connectivity index (χ2n) is 9.16. The molecule has 4 atom stereocenters. The summed E-state index contributed by atoms with van der Waals surface area (Å²) < 4.78 is 10.1. The zero-order valence-electron chi connectivity index (χ0n) is 23.9. The van der Waals surface area contributed by atoms with E-state index in [1.165, 1.54) is 11.8 Å². The number of nitriles is 1. The van der Waals surface area contributed by atoms with Crippen LogP contribution in [0.1, 0.15) is 60.8 Å². The Morgan fingerprint density at radius 1 is 1.22 bits per heavy atom. The normalized spacial score (nSPS) is 19.9. The van der Waals surface area contributed by atoms with Crippen molar-refractivity contribution in [3.63, 3.8) is 0 Å². The van der Waals surface area contributed by atoms with Crippen LogP contribution in [0.25, 0.3) is 0 Å². The van der Waals surface area contributed by atoms with Crippen LogP contribution in [0.4, 0.5) is 9.59 Å². The molecule has 2 saturated heterocycles. The SMILES string of the molecule is CC.CC(=O)NCC(C)(P)C#N.COCC1CCCN(C(=O)O)C1.CSC1CCN(C(=O)OC(C)C)C1. The third-order valence-electron chi connectivity index (χ3n) is 5.22. The van der Waals surface area contributed by atoms with Crippen LogP contribution in [0.15, 0.2) is 0 Å². The van der Waals surface area contributed by atoms with Crippen LogP contribution in [0.5, 0.6) is 0 Å². The largest absolute Gasteiger partial charge is 0.465 e. The van der Waals surface area contributed by atoms with E-state index in [4.69, 9.17) is 19.8 Å². The molecule has 0 spiro atoms. The van der Waals surface area contributed by atoms with E-state index in [2.05, 4.69) is 20.8 Å². The molecule has 2 aliphatic heterocycles. The maximum Gasteiger partial charge on any atom is 0.410 e. The van der Waals surface area contributed by atoms with Crippen molar-refractivity contribution in [3.05, 3.63) is 0 Å². The highest BCUT2D eigenvalue weighted by molar-refractivity contribution is 7.99. The molecule has 0 aromatic heterocycles. The molecule has 10 nitrogen and oxygen atoms in total. The predicted molar refractivity (Wildman–Crippen MR) is 153 cm³/mol. The Labute approximate surface area is 230 Å². The molecule has 2 heterocycles. The Kier molecular flexibility index (Phi) is 21.4. The molecule has 0 aromatic carbocycles. The van der Waals surface area contributed by atoms with Crippen LogP contribution in [-0.4, -0.2) is 102 Å². The Bertz CT molecular complexity index is 703. The summed E-state index contributed by atoms with van der Waals surface area (Å²) in [6, 6.07) is 2.04. The molecular formula is C25H49N4O6PS. The third-order valence-corrected chi connectivity index (χ3v) is 6.61. The van der Waals surface area contributed by atoms with E-state index in [1.807, 2.05) is 45.5 Å². The Balaban J connectivity index is 0. The zero-order valence-corrected chi connectivity index (χ0v) is 25.9. The van der Waals surface area contributed by atoms with Gasteiger partial charge in [-0.05, 0) is 46.3 Å². The highest BCUT2D eigenvalue weighted by atomic mass is 32.2. The first-order chi connectivity index (χ1) is 17.3. The molecule has 0 bridgehead atoms. The van der Waals surface area contributed by atoms with E-state index < -0.39 is 11.2 Å². The molecule has 37 heavy (non-hydrogen) atoms. The van der Waals surface area contributed by atoms with Gasteiger partial charge in [-0.3, -0.25) is 4.79 Å². The topological polar surface area (TPSA) is 132 Å². The fourth-order valence-corrected chi connectivity index (χ4v) is 4.09. The fourth-order valence-electron chi connectivity index (χ4n) is 3.32. The standard InChI is InChI=1S/C9H17NO2S.C8H15NO3.C6H11N2OP.C2H6/c1-7(2)12-9(11)10-5-4-8(6-10)13-3;1-12-6-7-3-2-4-9(5-7)8(10)11;1-5(9)8-4-6(2,10)3-7;1-2/h7-8H,4-6H2,1-3H3;7H,2-6H2,1H3,(H,10,11);4,10H2,1-2H3,(H,8,9);1-2H3. The van der Waals surface area contributed by atoms with Gasteiger partial charge in [0.15, 0.2) is 0 Å². The predicted octanol–water partition coefficient (Wildman–Crippen LogP) is 4.30. The van der Waals surface area contributed by atoms with Crippen LogP contribution in [0, 0.1) is 17.2 Å². The number of carbonyl (C=O) groups is 3. The number of rotatable bonds is 6. The van der Waals surface area contributed by atoms with Gasteiger partial charge in [0.25, 0.3) is 0 Å². The lowest BCUT2D eigenvalue weighted by molar-refractivity contribution is -0.119. The van der Waals surface area contributed by atoms with Crippen molar-refractivity contribution < 1.29 is 29.0 Å². The second kappa shape index (κ2) is 21.2. The van der Waals surface area contributed by atoms with Gasteiger partial charge >= 0.3 is 12.2 Å². The van der Waals surface area contributed by atoms with E-state index in [9.17, 15) is 14.4 Å². The van der Waals surface area contributed by atoms with Crippen molar-refractivity contribution >= 4 is 39.1 Å². The smallest absolute Gasteiger partial charge is 0.410 e. The molecule has 2 rings (SSSR count). The highest BCUT2D eigenvalue weighted by Crippen LogP contribution is 2.21. The maximum absolute atomic E-state index is 11.4. The second-order valence-corrected chi connectivity index (χ2v) is 11.6. The number of nitrogens with one attached hydrogen (secondary N) is 1. The number of hydrogen-bond acceptors (Lipinski definition) is 7. The fraction of sp³-hybridized carbons (Fsp3) is 0.840. The lowest BCUT2D eigenvalue weighted by atomic mass is 9.99. The average molecular weight is 565 g/mol. The van der Waals surface area contributed by atoms with E-state index in [0.29, 0.717) is 37.4 Å². The molecule has 2 N–H and O–H groups in total. The summed E-state index contributed by atoms with van der Waals surface area (Å²) in [6.45, 7) is 15.0. The molecule has 0 aromatic rings.